The van der Waals surface area contributed by atoms with Gasteiger partial charge in [-0.2, -0.15) is 0 Å². The summed E-state index contributed by atoms with van der Waals surface area (Å²) in [4.78, 5) is 12.5. The first-order chi connectivity index (χ1) is 11.6. The molecule has 6 heteroatoms. The van der Waals surface area contributed by atoms with Crippen molar-refractivity contribution < 1.29 is 13.2 Å². The predicted octanol–water partition coefficient (Wildman–Crippen LogP) is 3.53. The third kappa shape index (κ3) is 4.61. The van der Waals surface area contributed by atoms with Gasteiger partial charge in [-0.05, 0) is 76.0 Å². The number of hydrogen-bond donors (Lipinski definition) is 2. The Balaban J connectivity index is 1.64. The van der Waals surface area contributed by atoms with E-state index >= 15 is 0 Å². The maximum Gasteiger partial charge on any atom is 0.241 e. The van der Waals surface area contributed by atoms with E-state index in [9.17, 15) is 13.2 Å². The Hall–Kier alpha value is -1.40. The van der Waals surface area contributed by atoms with Gasteiger partial charge >= 0.3 is 0 Å². The fourth-order valence-electron chi connectivity index (χ4n) is 4.28. The monoisotopic (exact) mass is 364 g/mol. The molecule has 2 aliphatic carbocycles. The Labute approximate surface area is 150 Å². The SMILES string of the molecule is CC(C)(C)NS(=O)(=O)c1cccc(NC(=O)C[C@@H]2C[C@H]3CC[C@@H]2C3)c1. The summed E-state index contributed by atoms with van der Waals surface area (Å²) in [6.07, 6.45) is 5.57. The Bertz CT molecular complexity index is 752. The zero-order chi connectivity index (χ0) is 18.2. The number of benzene rings is 1. The topological polar surface area (TPSA) is 75.3 Å². The van der Waals surface area contributed by atoms with E-state index in [4.69, 9.17) is 0 Å². The number of hydrogen-bond acceptors (Lipinski definition) is 3. The van der Waals surface area contributed by atoms with Crippen molar-refractivity contribution in [3.63, 3.8) is 0 Å². The van der Waals surface area contributed by atoms with Crippen LogP contribution in [0.15, 0.2) is 29.2 Å². The number of fused-ring (bicyclic) bond motifs is 2. The van der Waals surface area contributed by atoms with Gasteiger partial charge in [0.05, 0.1) is 4.90 Å². The highest BCUT2D eigenvalue weighted by Crippen LogP contribution is 2.49. The molecular weight excluding hydrogens is 336 g/mol. The third-order valence-corrected chi connectivity index (χ3v) is 6.96. The molecule has 1 aromatic carbocycles. The molecule has 0 aliphatic heterocycles. The summed E-state index contributed by atoms with van der Waals surface area (Å²) in [5.74, 6) is 2.00. The third-order valence-electron chi connectivity index (χ3n) is 5.20. The first-order valence-electron chi connectivity index (χ1n) is 9.06. The van der Waals surface area contributed by atoms with Crippen molar-refractivity contribution in [1.82, 2.24) is 4.72 Å². The molecular formula is C19H28N2O3S. The van der Waals surface area contributed by atoms with Crippen LogP contribution >= 0.6 is 0 Å². The molecule has 0 radical (unpaired) electrons. The lowest BCUT2D eigenvalue weighted by Gasteiger charge is -2.21. The van der Waals surface area contributed by atoms with Crippen LogP contribution in [-0.2, 0) is 14.8 Å². The molecule has 5 nitrogen and oxygen atoms in total. The second kappa shape index (κ2) is 6.72. The van der Waals surface area contributed by atoms with Crippen molar-refractivity contribution in [1.29, 1.82) is 0 Å². The lowest BCUT2D eigenvalue weighted by molar-refractivity contribution is -0.117. The lowest BCUT2D eigenvalue weighted by atomic mass is 9.86. The minimum Gasteiger partial charge on any atom is -0.326 e. The van der Waals surface area contributed by atoms with Crippen LogP contribution in [-0.4, -0.2) is 19.9 Å². The van der Waals surface area contributed by atoms with E-state index in [-0.39, 0.29) is 10.8 Å². The van der Waals surface area contributed by atoms with E-state index < -0.39 is 15.6 Å². The van der Waals surface area contributed by atoms with Gasteiger partial charge in [-0.15, -0.1) is 0 Å². The lowest BCUT2D eigenvalue weighted by Crippen LogP contribution is -2.40. The molecule has 1 aromatic rings. The summed E-state index contributed by atoms with van der Waals surface area (Å²) in [7, 11) is -3.61. The highest BCUT2D eigenvalue weighted by molar-refractivity contribution is 7.89. The zero-order valence-electron chi connectivity index (χ0n) is 15.2. The summed E-state index contributed by atoms with van der Waals surface area (Å²) < 4.78 is 27.5. The minimum atomic E-state index is -3.61. The molecule has 2 fully saturated rings. The number of carbonyl (C=O) groups is 1. The van der Waals surface area contributed by atoms with Crippen LogP contribution in [0, 0.1) is 17.8 Å². The molecule has 2 saturated carbocycles. The zero-order valence-corrected chi connectivity index (χ0v) is 16.0. The largest absolute Gasteiger partial charge is 0.326 e. The number of anilines is 1. The molecule has 3 atom stereocenters. The number of amides is 1. The van der Waals surface area contributed by atoms with E-state index in [2.05, 4.69) is 10.0 Å². The molecule has 0 unspecified atom stereocenters. The molecule has 0 aromatic heterocycles. The van der Waals surface area contributed by atoms with Crippen molar-refractivity contribution >= 4 is 21.6 Å². The van der Waals surface area contributed by atoms with E-state index in [1.165, 1.54) is 31.7 Å². The molecule has 2 bridgehead atoms. The van der Waals surface area contributed by atoms with Crippen LogP contribution in [0.25, 0.3) is 0 Å². The smallest absolute Gasteiger partial charge is 0.241 e. The van der Waals surface area contributed by atoms with Crippen molar-refractivity contribution in [2.45, 2.75) is 63.3 Å². The van der Waals surface area contributed by atoms with Gasteiger partial charge in [0.2, 0.25) is 15.9 Å². The van der Waals surface area contributed by atoms with Gasteiger partial charge in [0, 0.05) is 17.6 Å². The normalized spacial score (nSPS) is 26.0. The van der Waals surface area contributed by atoms with Crippen molar-refractivity contribution in [3.05, 3.63) is 24.3 Å². The van der Waals surface area contributed by atoms with Gasteiger partial charge in [-0.25, -0.2) is 13.1 Å². The summed E-state index contributed by atoms with van der Waals surface area (Å²) in [5, 5.41) is 2.87. The van der Waals surface area contributed by atoms with Crippen LogP contribution in [0.5, 0.6) is 0 Å². The second-order valence-electron chi connectivity index (χ2n) is 8.57. The maximum absolute atomic E-state index is 12.4. The molecule has 138 valence electrons. The molecule has 2 aliphatic rings. The molecule has 0 saturated heterocycles. The Morgan fingerprint density at radius 1 is 1.20 bits per heavy atom. The standard InChI is InChI=1S/C19H28N2O3S/c1-19(2,3)21-25(23,24)17-6-4-5-16(12-17)20-18(22)11-15-10-13-7-8-14(15)9-13/h4-6,12-15,21H,7-11H2,1-3H3,(H,20,22)/t13-,14+,15-/m0/s1. The van der Waals surface area contributed by atoms with Gasteiger partial charge in [-0.3, -0.25) is 4.79 Å². The van der Waals surface area contributed by atoms with E-state index in [0.717, 1.165) is 5.92 Å². The average molecular weight is 365 g/mol. The molecule has 25 heavy (non-hydrogen) atoms. The minimum absolute atomic E-state index is 0.0177. The van der Waals surface area contributed by atoms with Gasteiger partial charge in [-0.1, -0.05) is 12.5 Å². The van der Waals surface area contributed by atoms with E-state index in [1.54, 1.807) is 39.0 Å². The summed E-state index contributed by atoms with van der Waals surface area (Å²) in [6.45, 7) is 5.39. The summed E-state index contributed by atoms with van der Waals surface area (Å²) in [6, 6.07) is 6.45. The second-order valence-corrected chi connectivity index (χ2v) is 10.3. The highest BCUT2D eigenvalue weighted by Gasteiger charge is 2.40. The van der Waals surface area contributed by atoms with E-state index in [1.807, 2.05) is 0 Å². The number of sulfonamides is 1. The van der Waals surface area contributed by atoms with Crippen molar-refractivity contribution in [2.75, 3.05) is 5.32 Å². The number of carbonyl (C=O) groups excluding carboxylic acids is 1. The van der Waals surface area contributed by atoms with Gasteiger partial charge in [0.15, 0.2) is 0 Å². The fourth-order valence-corrected chi connectivity index (χ4v) is 5.74. The number of rotatable bonds is 5. The summed E-state index contributed by atoms with van der Waals surface area (Å²) in [5.41, 5.74) is -0.0233. The molecule has 0 spiro atoms. The molecule has 1 amide bonds. The van der Waals surface area contributed by atoms with Crippen LogP contribution in [0.2, 0.25) is 0 Å². The summed E-state index contributed by atoms with van der Waals surface area (Å²) >= 11 is 0. The van der Waals surface area contributed by atoms with Gasteiger partial charge in [0.25, 0.3) is 0 Å². The average Bonchev–Trinajstić information content (AvgIpc) is 3.07. The fraction of sp³-hybridized carbons (Fsp3) is 0.632. The Morgan fingerprint density at radius 2 is 1.96 bits per heavy atom. The molecule has 2 N–H and O–H groups in total. The van der Waals surface area contributed by atoms with Crippen molar-refractivity contribution in [3.8, 4) is 0 Å². The van der Waals surface area contributed by atoms with Crippen LogP contribution in [0.4, 0.5) is 5.69 Å². The van der Waals surface area contributed by atoms with Gasteiger partial charge < -0.3 is 5.32 Å². The van der Waals surface area contributed by atoms with Crippen LogP contribution in [0.3, 0.4) is 0 Å². The van der Waals surface area contributed by atoms with Crippen LogP contribution < -0.4 is 10.0 Å². The number of nitrogens with one attached hydrogen (secondary N) is 2. The highest BCUT2D eigenvalue weighted by atomic mass is 32.2. The predicted molar refractivity (Wildman–Crippen MR) is 98.7 cm³/mol. The maximum atomic E-state index is 12.4. The first kappa shape index (κ1) is 18.4. The quantitative estimate of drug-likeness (QED) is 0.839. The first-order valence-corrected chi connectivity index (χ1v) is 10.5. The Kier molecular flexibility index (Phi) is 4.95. The van der Waals surface area contributed by atoms with Crippen molar-refractivity contribution in [2.24, 2.45) is 17.8 Å². The van der Waals surface area contributed by atoms with Gasteiger partial charge in [0.1, 0.15) is 0 Å². The van der Waals surface area contributed by atoms with Crippen LogP contribution in [0.1, 0.15) is 52.9 Å². The molecule has 0 heterocycles. The Morgan fingerprint density at radius 3 is 2.56 bits per heavy atom. The molecule has 3 rings (SSSR count). The van der Waals surface area contributed by atoms with E-state index in [0.29, 0.717) is 23.9 Å².